The zero-order valence-corrected chi connectivity index (χ0v) is 7.35. The first-order valence-electron chi connectivity index (χ1n) is 4.24. The first-order valence-corrected chi connectivity index (χ1v) is 4.24. The van der Waals surface area contributed by atoms with Crippen molar-refractivity contribution in [3.05, 3.63) is 30.1 Å². The highest BCUT2D eigenvalue weighted by Crippen LogP contribution is 2.08. The third-order valence-electron chi connectivity index (χ3n) is 1.70. The Morgan fingerprint density at radius 1 is 1.54 bits per heavy atom. The van der Waals surface area contributed by atoms with E-state index >= 15 is 0 Å². The highest BCUT2D eigenvalue weighted by Gasteiger charge is 2.05. The van der Waals surface area contributed by atoms with E-state index in [0.717, 1.165) is 5.56 Å². The van der Waals surface area contributed by atoms with Gasteiger partial charge in [-0.05, 0) is 6.07 Å². The number of hydrogen-bond acceptors (Lipinski definition) is 4. The van der Waals surface area contributed by atoms with Gasteiger partial charge < -0.3 is 15.5 Å². The number of pyridine rings is 1. The molecule has 0 radical (unpaired) electrons. The zero-order valence-electron chi connectivity index (χ0n) is 7.35. The van der Waals surface area contributed by atoms with Crippen LogP contribution in [0.4, 0.5) is 0 Å². The fraction of sp³-hybridized carbons (Fsp3) is 0.444. The Labute approximate surface area is 77.2 Å². The van der Waals surface area contributed by atoms with Gasteiger partial charge in [-0.1, -0.05) is 6.07 Å². The summed E-state index contributed by atoms with van der Waals surface area (Å²) in [5, 5.41) is 21.0. The average molecular weight is 182 g/mol. The van der Waals surface area contributed by atoms with Gasteiger partial charge in [0.05, 0.1) is 12.7 Å². The van der Waals surface area contributed by atoms with E-state index in [2.05, 4.69) is 10.3 Å². The van der Waals surface area contributed by atoms with Gasteiger partial charge >= 0.3 is 0 Å². The van der Waals surface area contributed by atoms with Gasteiger partial charge in [0.1, 0.15) is 0 Å². The lowest BCUT2D eigenvalue weighted by Crippen LogP contribution is -2.24. The normalized spacial score (nSPS) is 12.8. The first-order chi connectivity index (χ1) is 6.34. The molecule has 1 heterocycles. The van der Waals surface area contributed by atoms with Crippen LogP contribution in [-0.2, 0) is 0 Å². The van der Waals surface area contributed by atoms with Gasteiger partial charge in [0.15, 0.2) is 0 Å². The number of nitrogens with one attached hydrogen (secondary N) is 1. The predicted octanol–water partition coefficient (Wildman–Crippen LogP) is -0.303. The van der Waals surface area contributed by atoms with Crippen molar-refractivity contribution in [3.63, 3.8) is 0 Å². The standard InChI is InChI=1S/C9H14N2O2/c12-5-4-11-7-9(13)8-2-1-3-10-6-8/h1-3,6,9,11-13H,4-5,7H2/t9-/m1/s1. The molecule has 13 heavy (non-hydrogen) atoms. The molecule has 1 aromatic heterocycles. The van der Waals surface area contributed by atoms with Gasteiger partial charge in [0.2, 0.25) is 0 Å². The molecule has 0 aliphatic carbocycles. The second-order valence-electron chi connectivity index (χ2n) is 2.73. The predicted molar refractivity (Wildman–Crippen MR) is 49.2 cm³/mol. The molecule has 0 saturated carbocycles. The molecule has 0 aliphatic heterocycles. The molecular formula is C9H14N2O2. The number of nitrogens with zero attached hydrogens (tertiary/aromatic N) is 1. The Bertz CT molecular complexity index is 228. The number of rotatable bonds is 5. The van der Waals surface area contributed by atoms with Crippen LogP contribution in [-0.4, -0.2) is 34.9 Å². The first kappa shape index (κ1) is 10.1. The van der Waals surface area contributed by atoms with Gasteiger partial charge in [0.25, 0.3) is 0 Å². The van der Waals surface area contributed by atoms with Crippen LogP contribution in [0.15, 0.2) is 24.5 Å². The van der Waals surface area contributed by atoms with Gasteiger partial charge in [0, 0.05) is 31.0 Å². The monoisotopic (exact) mass is 182 g/mol. The summed E-state index contributed by atoms with van der Waals surface area (Å²) in [6.45, 7) is 1.02. The molecule has 1 atom stereocenters. The van der Waals surface area contributed by atoms with Crippen LogP contribution in [0, 0.1) is 0 Å². The summed E-state index contributed by atoms with van der Waals surface area (Å²) in [6, 6.07) is 3.60. The number of aliphatic hydroxyl groups excluding tert-OH is 2. The summed E-state index contributed by atoms with van der Waals surface area (Å²) in [5.74, 6) is 0. The third-order valence-corrected chi connectivity index (χ3v) is 1.70. The maximum absolute atomic E-state index is 9.56. The van der Waals surface area contributed by atoms with E-state index < -0.39 is 6.10 Å². The maximum atomic E-state index is 9.56. The van der Waals surface area contributed by atoms with Crippen molar-refractivity contribution in [1.29, 1.82) is 0 Å². The molecule has 0 spiro atoms. The lowest BCUT2D eigenvalue weighted by Gasteiger charge is -2.10. The molecule has 0 saturated heterocycles. The van der Waals surface area contributed by atoms with Crippen LogP contribution in [0.25, 0.3) is 0 Å². The molecule has 3 N–H and O–H groups in total. The summed E-state index contributed by atoms with van der Waals surface area (Å²) < 4.78 is 0. The second-order valence-corrected chi connectivity index (χ2v) is 2.73. The molecular weight excluding hydrogens is 168 g/mol. The van der Waals surface area contributed by atoms with Crippen molar-refractivity contribution in [2.45, 2.75) is 6.10 Å². The molecule has 0 aromatic carbocycles. The van der Waals surface area contributed by atoms with E-state index in [-0.39, 0.29) is 6.61 Å². The number of aliphatic hydroxyl groups is 2. The van der Waals surface area contributed by atoms with E-state index in [1.807, 2.05) is 6.07 Å². The highest BCUT2D eigenvalue weighted by molar-refractivity contribution is 5.11. The molecule has 0 bridgehead atoms. The summed E-state index contributed by atoms with van der Waals surface area (Å²) in [5.41, 5.74) is 0.785. The fourth-order valence-corrected chi connectivity index (χ4v) is 1.01. The second kappa shape index (κ2) is 5.64. The zero-order chi connectivity index (χ0) is 9.52. The van der Waals surface area contributed by atoms with Gasteiger partial charge in [-0.25, -0.2) is 0 Å². The molecule has 72 valence electrons. The Kier molecular flexibility index (Phi) is 4.39. The molecule has 4 heteroatoms. The summed E-state index contributed by atoms with van der Waals surface area (Å²) in [6.07, 6.45) is 2.74. The van der Waals surface area contributed by atoms with Crippen molar-refractivity contribution in [3.8, 4) is 0 Å². The minimum absolute atomic E-state index is 0.0831. The van der Waals surface area contributed by atoms with Crippen molar-refractivity contribution in [1.82, 2.24) is 10.3 Å². The largest absolute Gasteiger partial charge is 0.395 e. The fourth-order valence-electron chi connectivity index (χ4n) is 1.01. The molecule has 1 rings (SSSR count). The molecule has 0 aliphatic rings. The lowest BCUT2D eigenvalue weighted by molar-refractivity contribution is 0.170. The highest BCUT2D eigenvalue weighted by atomic mass is 16.3. The smallest absolute Gasteiger partial charge is 0.0929 e. The minimum Gasteiger partial charge on any atom is -0.395 e. The number of hydrogen-bond donors (Lipinski definition) is 3. The molecule has 4 nitrogen and oxygen atoms in total. The number of aromatic nitrogens is 1. The van der Waals surface area contributed by atoms with Crippen LogP contribution in [0.2, 0.25) is 0 Å². The lowest BCUT2D eigenvalue weighted by atomic mass is 10.2. The average Bonchev–Trinajstić information content (AvgIpc) is 2.19. The Morgan fingerprint density at radius 2 is 2.38 bits per heavy atom. The van der Waals surface area contributed by atoms with Gasteiger partial charge in [-0.15, -0.1) is 0 Å². The Hall–Kier alpha value is -0.970. The minimum atomic E-state index is -0.555. The van der Waals surface area contributed by atoms with Crippen LogP contribution in [0.1, 0.15) is 11.7 Å². The topological polar surface area (TPSA) is 65.4 Å². The summed E-state index contributed by atoms with van der Waals surface area (Å²) in [4.78, 5) is 3.90. The Balaban J connectivity index is 2.35. The van der Waals surface area contributed by atoms with Gasteiger partial charge in [-0.2, -0.15) is 0 Å². The quantitative estimate of drug-likeness (QED) is 0.547. The van der Waals surface area contributed by atoms with Crippen molar-refractivity contribution in [2.75, 3.05) is 19.7 Å². The molecule has 0 amide bonds. The molecule has 1 aromatic rings. The van der Waals surface area contributed by atoms with Crippen LogP contribution >= 0.6 is 0 Å². The van der Waals surface area contributed by atoms with Gasteiger partial charge in [-0.3, -0.25) is 4.98 Å². The van der Waals surface area contributed by atoms with Crippen LogP contribution < -0.4 is 5.32 Å². The van der Waals surface area contributed by atoms with E-state index in [9.17, 15) is 5.11 Å². The van der Waals surface area contributed by atoms with Crippen LogP contribution in [0.5, 0.6) is 0 Å². The van der Waals surface area contributed by atoms with E-state index in [0.29, 0.717) is 13.1 Å². The SMILES string of the molecule is OCCNC[C@@H](O)c1cccnc1. The maximum Gasteiger partial charge on any atom is 0.0929 e. The third kappa shape index (κ3) is 3.50. The van der Waals surface area contributed by atoms with Crippen molar-refractivity contribution in [2.24, 2.45) is 0 Å². The van der Waals surface area contributed by atoms with Crippen molar-refractivity contribution < 1.29 is 10.2 Å². The van der Waals surface area contributed by atoms with E-state index in [4.69, 9.17) is 5.11 Å². The Morgan fingerprint density at radius 3 is 3.00 bits per heavy atom. The van der Waals surface area contributed by atoms with Crippen molar-refractivity contribution >= 4 is 0 Å². The summed E-state index contributed by atoms with van der Waals surface area (Å²) >= 11 is 0. The van der Waals surface area contributed by atoms with E-state index in [1.165, 1.54) is 0 Å². The van der Waals surface area contributed by atoms with E-state index in [1.54, 1.807) is 18.5 Å². The molecule has 0 fully saturated rings. The van der Waals surface area contributed by atoms with Crippen LogP contribution in [0.3, 0.4) is 0 Å². The summed E-state index contributed by atoms with van der Waals surface area (Å²) in [7, 11) is 0. The molecule has 0 unspecified atom stereocenters.